The first-order valence-electron chi connectivity index (χ1n) is 16.2. The second kappa shape index (κ2) is 10.1. The second-order valence-corrected chi connectivity index (χ2v) is 14.8. The minimum atomic E-state index is -2.31. The largest absolute Gasteiger partial charge is 0.460 e. The highest BCUT2D eigenvalue weighted by atomic mass is 16.6. The van der Waals surface area contributed by atoms with E-state index in [4.69, 9.17) is 9.47 Å². The van der Waals surface area contributed by atoms with Gasteiger partial charge >= 0.3 is 5.97 Å². The summed E-state index contributed by atoms with van der Waals surface area (Å²) < 4.78 is 12.3. The third kappa shape index (κ3) is 3.75. The Morgan fingerprint density at radius 2 is 1.80 bits per heavy atom. The number of rotatable bonds is 5. The molecule has 44 heavy (non-hydrogen) atoms. The summed E-state index contributed by atoms with van der Waals surface area (Å²) in [5.41, 5.74) is -2.06. The minimum absolute atomic E-state index is 0.0508. The molecule has 3 aliphatic heterocycles. The summed E-state index contributed by atoms with van der Waals surface area (Å²) in [6.45, 7) is 8.87. The molecule has 2 N–H and O–H groups in total. The first-order valence-corrected chi connectivity index (χ1v) is 16.2. The van der Waals surface area contributed by atoms with Crippen LogP contribution in [0, 0.1) is 39.9 Å². The van der Waals surface area contributed by atoms with Gasteiger partial charge < -0.3 is 24.6 Å². The molecule has 4 bridgehead atoms. The summed E-state index contributed by atoms with van der Waals surface area (Å²) in [5.74, 6) is -5.49. The number of ketones is 2. The molecule has 9 heteroatoms. The van der Waals surface area contributed by atoms with Crippen LogP contribution in [-0.4, -0.2) is 76.2 Å². The van der Waals surface area contributed by atoms with Crippen molar-refractivity contribution in [1.29, 1.82) is 0 Å². The van der Waals surface area contributed by atoms with Gasteiger partial charge in [0.05, 0.1) is 17.9 Å². The molecule has 2 spiro atoms. The molecule has 236 valence electrons. The van der Waals surface area contributed by atoms with Gasteiger partial charge in [0.25, 0.3) is 0 Å². The number of nitrogens with zero attached hydrogens (tertiary/aromatic N) is 1. The van der Waals surface area contributed by atoms with E-state index in [9.17, 15) is 29.4 Å². The molecule has 8 atom stereocenters. The number of aryl methyl sites for hydroxylation is 1. The van der Waals surface area contributed by atoms with Crippen molar-refractivity contribution in [2.24, 2.45) is 39.9 Å². The van der Waals surface area contributed by atoms with Crippen molar-refractivity contribution in [3.63, 3.8) is 0 Å². The number of hydrogen-bond acceptors (Lipinski definition) is 8. The monoisotopic (exact) mass is 605 g/mol. The number of likely N-dealkylation sites (tertiary alicyclic amines) is 1. The maximum absolute atomic E-state index is 14.3. The first-order chi connectivity index (χ1) is 20.9. The van der Waals surface area contributed by atoms with Gasteiger partial charge in [-0.15, -0.1) is 0 Å². The summed E-state index contributed by atoms with van der Waals surface area (Å²) in [6, 6.07) is 9.85. The molecule has 8 rings (SSSR count). The van der Waals surface area contributed by atoms with E-state index < -0.39 is 69.7 Å². The number of benzene rings is 1. The van der Waals surface area contributed by atoms with Gasteiger partial charge in [-0.25, -0.2) is 0 Å². The molecule has 7 fully saturated rings. The number of ether oxygens (including phenoxy) is 2. The Kier molecular flexibility index (Phi) is 6.82. The van der Waals surface area contributed by atoms with Crippen molar-refractivity contribution in [3.8, 4) is 0 Å². The number of aliphatic hydroxyl groups is 2. The van der Waals surface area contributed by atoms with E-state index in [-0.39, 0.29) is 23.9 Å². The van der Waals surface area contributed by atoms with Crippen molar-refractivity contribution in [2.75, 3.05) is 19.7 Å². The van der Waals surface area contributed by atoms with Crippen molar-refractivity contribution in [3.05, 3.63) is 48.0 Å². The van der Waals surface area contributed by atoms with Crippen molar-refractivity contribution >= 4 is 23.4 Å². The van der Waals surface area contributed by atoms with E-state index in [1.807, 2.05) is 44.2 Å². The van der Waals surface area contributed by atoms with Crippen LogP contribution in [0.3, 0.4) is 0 Å². The summed E-state index contributed by atoms with van der Waals surface area (Å²) in [7, 11) is 0. The van der Waals surface area contributed by atoms with E-state index in [0.29, 0.717) is 64.5 Å². The summed E-state index contributed by atoms with van der Waals surface area (Å²) in [5, 5.41) is 24.2. The molecule has 7 aliphatic rings. The third-order valence-electron chi connectivity index (χ3n) is 12.5. The summed E-state index contributed by atoms with van der Waals surface area (Å²) >= 11 is 0. The Bertz CT molecular complexity index is 1410. The molecule has 0 radical (unpaired) electrons. The molecular weight excluding hydrogens is 562 g/mol. The van der Waals surface area contributed by atoms with E-state index in [1.54, 1.807) is 4.90 Å². The standard InChI is InChI=1S/C35H43NO8/c1-20-23-10-11-24-33-19-43-35(42,29(40)27(33)32(2,3)16-13-25(33)37)34(24,28(20)39)30(23)44-31(41)22-14-17-36(18-15-22)26(38)12-9-21-7-5-4-6-8-21/h4-8,22-24,27,29-30,40,42H,1,9-19H2,2-3H3/t23-,24-,27+,29-,30+,33+,34-,35-/m0/s1. The first kappa shape index (κ1) is 29.8. The smallest absolute Gasteiger partial charge is 0.309 e. The van der Waals surface area contributed by atoms with Crippen LogP contribution >= 0.6 is 0 Å². The third-order valence-corrected chi connectivity index (χ3v) is 12.5. The van der Waals surface area contributed by atoms with Gasteiger partial charge in [-0.05, 0) is 61.0 Å². The minimum Gasteiger partial charge on any atom is -0.460 e. The van der Waals surface area contributed by atoms with Gasteiger partial charge in [-0.2, -0.15) is 0 Å². The number of carbonyl (C=O) groups is 4. The Morgan fingerprint density at radius 1 is 1.09 bits per heavy atom. The van der Waals surface area contributed by atoms with Gasteiger partial charge in [-0.1, -0.05) is 50.8 Å². The van der Waals surface area contributed by atoms with Gasteiger partial charge in [-0.3, -0.25) is 19.2 Å². The van der Waals surface area contributed by atoms with Crippen LogP contribution in [0.15, 0.2) is 42.5 Å². The Balaban J connectivity index is 1.12. The zero-order chi connectivity index (χ0) is 31.2. The number of aliphatic hydroxyl groups excluding tert-OH is 1. The average molecular weight is 606 g/mol. The van der Waals surface area contributed by atoms with Gasteiger partial charge in [0.1, 0.15) is 23.4 Å². The Hall–Kier alpha value is -2.88. The SMILES string of the molecule is C=C1C(=O)[C@]23[C@H](OC(=O)C4CCN(C(=O)CCc5ccccc5)CC4)[C@H]1CC[C@H]2[C@@]12CO[C@@]3(O)[C@@H](O)[C@@H]1C(C)(C)CCC2=O. The lowest BCUT2D eigenvalue weighted by Crippen LogP contribution is -2.85. The highest BCUT2D eigenvalue weighted by Gasteiger charge is 2.88. The fourth-order valence-corrected chi connectivity index (χ4v) is 10.4. The molecular formula is C35H43NO8. The lowest BCUT2D eigenvalue weighted by molar-refractivity contribution is -0.437. The molecule has 9 nitrogen and oxygen atoms in total. The lowest BCUT2D eigenvalue weighted by Gasteiger charge is -2.73. The molecule has 1 aromatic carbocycles. The fraction of sp³-hybridized carbons (Fsp3) is 0.657. The highest BCUT2D eigenvalue weighted by molar-refractivity contribution is 6.06. The van der Waals surface area contributed by atoms with Crippen LogP contribution in [0.25, 0.3) is 0 Å². The normalized spacial score (nSPS) is 40.9. The molecule has 0 unspecified atom stereocenters. The number of amides is 1. The number of Topliss-reactive ketones (excluding diaryl/α,β-unsaturated/α-hetero) is 2. The predicted molar refractivity (Wildman–Crippen MR) is 158 cm³/mol. The molecule has 3 saturated heterocycles. The fourth-order valence-electron chi connectivity index (χ4n) is 10.4. The van der Waals surface area contributed by atoms with Crippen LogP contribution in [0.5, 0.6) is 0 Å². The van der Waals surface area contributed by atoms with Crippen molar-refractivity contribution in [2.45, 2.75) is 83.2 Å². The van der Waals surface area contributed by atoms with Crippen LogP contribution in [0.1, 0.15) is 64.4 Å². The second-order valence-electron chi connectivity index (χ2n) is 14.8. The number of fused-ring (bicyclic) bond motifs is 2. The van der Waals surface area contributed by atoms with E-state index in [0.717, 1.165) is 5.56 Å². The topological polar surface area (TPSA) is 130 Å². The maximum Gasteiger partial charge on any atom is 0.309 e. The van der Waals surface area contributed by atoms with Crippen LogP contribution in [0.4, 0.5) is 0 Å². The number of hydrogen-bond donors (Lipinski definition) is 2. The van der Waals surface area contributed by atoms with E-state index in [1.165, 1.54) is 0 Å². The molecule has 4 aliphatic carbocycles. The quantitative estimate of drug-likeness (QED) is 0.387. The van der Waals surface area contributed by atoms with Gasteiger partial charge in [0, 0.05) is 37.8 Å². The molecule has 0 aromatic heterocycles. The molecule has 3 heterocycles. The van der Waals surface area contributed by atoms with Gasteiger partial charge in [0.2, 0.25) is 11.7 Å². The van der Waals surface area contributed by atoms with Crippen LogP contribution in [-0.2, 0) is 35.1 Å². The number of carbonyl (C=O) groups excluding carboxylic acids is 4. The van der Waals surface area contributed by atoms with Crippen molar-refractivity contribution in [1.82, 2.24) is 4.90 Å². The maximum atomic E-state index is 14.3. The number of esters is 1. The zero-order valence-electron chi connectivity index (χ0n) is 25.6. The van der Waals surface area contributed by atoms with Crippen LogP contribution < -0.4 is 0 Å². The van der Waals surface area contributed by atoms with Crippen molar-refractivity contribution < 1.29 is 38.9 Å². The van der Waals surface area contributed by atoms with E-state index in [2.05, 4.69) is 6.58 Å². The predicted octanol–water partition coefficient (Wildman–Crippen LogP) is 3.01. The highest BCUT2D eigenvalue weighted by Crippen LogP contribution is 2.76. The molecule has 4 saturated carbocycles. The average Bonchev–Trinajstić information content (AvgIpc) is 3.13. The molecule has 1 amide bonds. The van der Waals surface area contributed by atoms with Gasteiger partial charge in [0.15, 0.2) is 5.78 Å². The number of piperidine rings is 1. The van der Waals surface area contributed by atoms with Crippen LogP contribution in [0.2, 0.25) is 0 Å². The van der Waals surface area contributed by atoms with E-state index >= 15 is 0 Å². The Morgan fingerprint density at radius 3 is 2.50 bits per heavy atom. The zero-order valence-corrected chi connectivity index (χ0v) is 25.6. The summed E-state index contributed by atoms with van der Waals surface area (Å²) in [6.07, 6.45) is 1.17. The lowest BCUT2D eigenvalue weighted by atomic mass is 9.36. The summed E-state index contributed by atoms with van der Waals surface area (Å²) in [4.78, 5) is 56.6. The Labute approximate surface area is 258 Å². The molecule has 1 aromatic rings.